The standard InChI is InChI=1S/C25H27NO6/c1-15-7-9-17(10-8-15)14-26-16(2)22(25(28)32-6)19(24(26)27)11-18-12-20(29-3)23(31-5)21(13-18)30-4/h7-13H,14H2,1-6H3/b19-11-. The molecule has 0 atom stereocenters. The van der Waals surface area contributed by atoms with Crippen LogP contribution in [0.3, 0.4) is 0 Å². The fourth-order valence-electron chi connectivity index (χ4n) is 3.65. The molecule has 0 unspecified atom stereocenters. The van der Waals surface area contributed by atoms with Crippen molar-refractivity contribution in [3.8, 4) is 17.2 Å². The summed E-state index contributed by atoms with van der Waals surface area (Å²) in [5.74, 6) is 0.482. The van der Waals surface area contributed by atoms with Gasteiger partial charge in [0.25, 0.3) is 5.91 Å². The monoisotopic (exact) mass is 437 g/mol. The van der Waals surface area contributed by atoms with Gasteiger partial charge in [-0.05, 0) is 43.2 Å². The fourth-order valence-corrected chi connectivity index (χ4v) is 3.65. The predicted molar refractivity (Wildman–Crippen MR) is 121 cm³/mol. The highest BCUT2D eigenvalue weighted by molar-refractivity contribution is 6.16. The molecule has 2 aromatic carbocycles. The Bertz CT molecular complexity index is 1070. The lowest BCUT2D eigenvalue weighted by Gasteiger charge is -2.18. The summed E-state index contributed by atoms with van der Waals surface area (Å²) in [6, 6.07) is 11.3. The summed E-state index contributed by atoms with van der Waals surface area (Å²) in [4.78, 5) is 27.6. The number of esters is 1. The van der Waals surface area contributed by atoms with E-state index < -0.39 is 5.97 Å². The van der Waals surface area contributed by atoms with Crippen molar-refractivity contribution >= 4 is 18.0 Å². The van der Waals surface area contributed by atoms with Crippen molar-refractivity contribution in [3.05, 3.63) is 69.9 Å². The number of hydrogen-bond donors (Lipinski definition) is 0. The van der Waals surface area contributed by atoms with Gasteiger partial charge in [0.1, 0.15) is 0 Å². The minimum absolute atomic E-state index is 0.235. The minimum Gasteiger partial charge on any atom is -0.493 e. The number of allylic oxidation sites excluding steroid dienone is 1. The molecule has 168 valence electrons. The number of benzene rings is 2. The van der Waals surface area contributed by atoms with E-state index in [0.717, 1.165) is 11.1 Å². The number of rotatable bonds is 7. The van der Waals surface area contributed by atoms with Crippen LogP contribution in [-0.2, 0) is 20.9 Å². The largest absolute Gasteiger partial charge is 0.493 e. The number of nitrogens with zero attached hydrogens (tertiary/aromatic N) is 1. The van der Waals surface area contributed by atoms with E-state index in [4.69, 9.17) is 18.9 Å². The van der Waals surface area contributed by atoms with Gasteiger partial charge in [0.2, 0.25) is 5.75 Å². The third kappa shape index (κ3) is 4.32. The molecule has 0 spiro atoms. The molecule has 1 amide bonds. The first-order valence-electron chi connectivity index (χ1n) is 10.0. The summed E-state index contributed by atoms with van der Waals surface area (Å²) in [5, 5.41) is 0. The Balaban J connectivity index is 2.08. The zero-order valence-electron chi connectivity index (χ0n) is 19.1. The van der Waals surface area contributed by atoms with Crippen LogP contribution < -0.4 is 14.2 Å². The normalized spacial score (nSPS) is 14.8. The highest BCUT2D eigenvalue weighted by Gasteiger charge is 2.37. The zero-order chi connectivity index (χ0) is 23.4. The third-order valence-electron chi connectivity index (χ3n) is 5.36. The molecule has 1 heterocycles. The van der Waals surface area contributed by atoms with Gasteiger partial charge in [0, 0.05) is 5.70 Å². The van der Waals surface area contributed by atoms with Crippen molar-refractivity contribution in [2.24, 2.45) is 0 Å². The lowest BCUT2D eigenvalue weighted by molar-refractivity contribution is -0.136. The average molecular weight is 437 g/mol. The molecule has 0 aromatic heterocycles. The maximum absolute atomic E-state index is 13.4. The predicted octanol–water partition coefficient (Wildman–Crippen LogP) is 3.89. The van der Waals surface area contributed by atoms with Crippen molar-refractivity contribution in [3.63, 3.8) is 0 Å². The summed E-state index contributed by atoms with van der Waals surface area (Å²) >= 11 is 0. The number of methoxy groups -OCH3 is 4. The van der Waals surface area contributed by atoms with Gasteiger partial charge < -0.3 is 23.8 Å². The molecule has 7 nitrogen and oxygen atoms in total. The van der Waals surface area contributed by atoms with E-state index in [9.17, 15) is 9.59 Å². The molecule has 1 aliphatic rings. The highest BCUT2D eigenvalue weighted by atomic mass is 16.5. The molecule has 2 aromatic rings. The maximum atomic E-state index is 13.4. The van der Waals surface area contributed by atoms with E-state index in [1.807, 2.05) is 31.2 Å². The number of amides is 1. The Morgan fingerprint density at radius 1 is 0.938 bits per heavy atom. The first kappa shape index (κ1) is 22.9. The van der Waals surface area contributed by atoms with Crippen LogP contribution in [0.25, 0.3) is 6.08 Å². The molecule has 0 fully saturated rings. The second kappa shape index (κ2) is 9.60. The van der Waals surface area contributed by atoms with Crippen molar-refractivity contribution in [1.82, 2.24) is 4.90 Å². The average Bonchev–Trinajstić information content (AvgIpc) is 3.03. The second-order valence-corrected chi connectivity index (χ2v) is 7.35. The van der Waals surface area contributed by atoms with Crippen LogP contribution in [0.2, 0.25) is 0 Å². The van der Waals surface area contributed by atoms with Crippen LogP contribution in [0.1, 0.15) is 23.6 Å². The van der Waals surface area contributed by atoms with Gasteiger partial charge in [-0.25, -0.2) is 4.79 Å². The van der Waals surface area contributed by atoms with Gasteiger partial charge in [-0.3, -0.25) is 4.79 Å². The molecule has 32 heavy (non-hydrogen) atoms. The minimum atomic E-state index is -0.569. The lowest BCUT2D eigenvalue weighted by Crippen LogP contribution is -2.24. The second-order valence-electron chi connectivity index (χ2n) is 7.35. The Kier molecular flexibility index (Phi) is 6.88. The van der Waals surface area contributed by atoms with Gasteiger partial charge in [0.05, 0.1) is 46.1 Å². The van der Waals surface area contributed by atoms with Crippen molar-refractivity contribution in [2.45, 2.75) is 20.4 Å². The fraction of sp³-hybridized carbons (Fsp3) is 0.280. The smallest absolute Gasteiger partial charge is 0.340 e. The van der Waals surface area contributed by atoms with Crippen molar-refractivity contribution in [2.75, 3.05) is 28.4 Å². The van der Waals surface area contributed by atoms with Gasteiger partial charge >= 0.3 is 5.97 Å². The first-order valence-corrected chi connectivity index (χ1v) is 10.0. The van der Waals surface area contributed by atoms with E-state index in [1.165, 1.54) is 28.4 Å². The van der Waals surface area contributed by atoms with E-state index in [1.54, 1.807) is 30.0 Å². The summed E-state index contributed by atoms with van der Waals surface area (Å²) in [6.45, 7) is 4.09. The van der Waals surface area contributed by atoms with Gasteiger partial charge in [-0.15, -0.1) is 0 Å². The van der Waals surface area contributed by atoms with E-state index in [2.05, 4.69) is 0 Å². The number of carbonyl (C=O) groups is 2. The van der Waals surface area contributed by atoms with E-state index in [0.29, 0.717) is 35.1 Å². The van der Waals surface area contributed by atoms with Gasteiger partial charge in [-0.1, -0.05) is 29.8 Å². The molecule has 7 heteroatoms. The molecule has 1 aliphatic heterocycles. The SMILES string of the molecule is COC(=O)C1=C(C)N(Cc2ccc(C)cc2)C(=O)/C1=C\c1cc(OC)c(OC)c(OC)c1. The molecule has 0 bridgehead atoms. The van der Waals surface area contributed by atoms with Crippen LogP contribution in [-0.4, -0.2) is 45.2 Å². The summed E-state index contributed by atoms with van der Waals surface area (Å²) < 4.78 is 21.1. The lowest BCUT2D eigenvalue weighted by atomic mass is 10.0. The van der Waals surface area contributed by atoms with Crippen molar-refractivity contribution < 1.29 is 28.5 Å². The van der Waals surface area contributed by atoms with E-state index >= 15 is 0 Å². The van der Waals surface area contributed by atoms with Crippen LogP contribution in [0.15, 0.2) is 53.2 Å². The Labute approximate surface area is 187 Å². The Hall–Kier alpha value is -3.74. The maximum Gasteiger partial charge on any atom is 0.340 e. The highest BCUT2D eigenvalue weighted by Crippen LogP contribution is 2.40. The van der Waals surface area contributed by atoms with Crippen molar-refractivity contribution in [1.29, 1.82) is 0 Å². The molecule has 3 rings (SSSR count). The molecule has 0 saturated heterocycles. The summed E-state index contributed by atoms with van der Waals surface area (Å²) in [7, 11) is 5.85. The third-order valence-corrected chi connectivity index (χ3v) is 5.36. The molecular weight excluding hydrogens is 410 g/mol. The van der Waals surface area contributed by atoms with Crippen LogP contribution >= 0.6 is 0 Å². The summed E-state index contributed by atoms with van der Waals surface area (Å²) in [6.07, 6.45) is 1.64. The molecule has 0 aliphatic carbocycles. The molecular formula is C25H27NO6. The Morgan fingerprint density at radius 3 is 2.03 bits per heavy atom. The van der Waals surface area contributed by atoms with Crippen LogP contribution in [0.5, 0.6) is 17.2 Å². The number of aryl methyl sites for hydroxylation is 1. The zero-order valence-corrected chi connectivity index (χ0v) is 19.1. The Morgan fingerprint density at radius 2 is 1.53 bits per heavy atom. The summed E-state index contributed by atoms with van der Waals surface area (Å²) in [5.41, 5.74) is 3.73. The molecule has 0 N–H and O–H groups in total. The van der Waals surface area contributed by atoms with Crippen LogP contribution in [0.4, 0.5) is 0 Å². The van der Waals surface area contributed by atoms with Gasteiger partial charge in [-0.2, -0.15) is 0 Å². The number of carbonyl (C=O) groups excluding carboxylic acids is 2. The quantitative estimate of drug-likeness (QED) is 0.483. The van der Waals surface area contributed by atoms with Gasteiger partial charge in [0.15, 0.2) is 11.5 Å². The molecule has 0 radical (unpaired) electrons. The van der Waals surface area contributed by atoms with Crippen LogP contribution in [0, 0.1) is 6.92 Å². The number of ether oxygens (including phenoxy) is 4. The van der Waals surface area contributed by atoms with E-state index in [-0.39, 0.29) is 17.1 Å². The first-order chi connectivity index (χ1) is 15.3. The molecule has 0 saturated carbocycles. The number of hydrogen-bond acceptors (Lipinski definition) is 6. The topological polar surface area (TPSA) is 74.3 Å².